The van der Waals surface area contributed by atoms with Gasteiger partial charge >= 0.3 is 0 Å². The second kappa shape index (κ2) is 9.08. The molecule has 21 heavy (non-hydrogen) atoms. The number of hydrogen-bond acceptors (Lipinski definition) is 2. The zero-order valence-electron chi connectivity index (χ0n) is 12.4. The van der Waals surface area contributed by atoms with E-state index in [0.717, 1.165) is 18.9 Å². The summed E-state index contributed by atoms with van der Waals surface area (Å²) in [4.78, 5) is 12.3. The van der Waals surface area contributed by atoms with Crippen molar-refractivity contribution in [1.29, 1.82) is 0 Å². The SMILES string of the molecule is O=C(CCSc1ccccc1F)NCCCC1CCCC1. The fourth-order valence-electron chi connectivity index (χ4n) is 2.82. The van der Waals surface area contributed by atoms with Crippen LogP contribution in [-0.2, 0) is 4.79 Å². The zero-order valence-corrected chi connectivity index (χ0v) is 13.3. The molecule has 1 N–H and O–H groups in total. The highest BCUT2D eigenvalue weighted by atomic mass is 32.2. The first-order valence-corrected chi connectivity index (χ1v) is 8.88. The van der Waals surface area contributed by atoms with E-state index >= 15 is 0 Å². The lowest BCUT2D eigenvalue weighted by atomic mass is 10.0. The first kappa shape index (κ1) is 16.3. The third-order valence-electron chi connectivity index (χ3n) is 4.01. The van der Waals surface area contributed by atoms with Crippen LogP contribution < -0.4 is 5.32 Å². The molecule has 1 amide bonds. The number of benzene rings is 1. The van der Waals surface area contributed by atoms with Crippen LogP contribution in [0.25, 0.3) is 0 Å². The average molecular weight is 309 g/mol. The summed E-state index contributed by atoms with van der Waals surface area (Å²) in [5, 5.41) is 2.96. The Kier molecular flexibility index (Phi) is 7.07. The molecule has 1 fully saturated rings. The van der Waals surface area contributed by atoms with Gasteiger partial charge in [-0.15, -0.1) is 11.8 Å². The van der Waals surface area contributed by atoms with Crippen molar-refractivity contribution in [2.75, 3.05) is 12.3 Å². The van der Waals surface area contributed by atoms with Gasteiger partial charge in [0.25, 0.3) is 0 Å². The second-order valence-electron chi connectivity index (χ2n) is 5.67. The molecule has 0 aromatic heterocycles. The lowest BCUT2D eigenvalue weighted by Crippen LogP contribution is -2.25. The van der Waals surface area contributed by atoms with Gasteiger partial charge in [-0.05, 0) is 30.9 Å². The van der Waals surface area contributed by atoms with Crippen molar-refractivity contribution in [3.05, 3.63) is 30.1 Å². The average Bonchev–Trinajstić information content (AvgIpc) is 2.99. The molecule has 2 nitrogen and oxygen atoms in total. The topological polar surface area (TPSA) is 29.1 Å². The van der Waals surface area contributed by atoms with Gasteiger partial charge in [0.05, 0.1) is 0 Å². The van der Waals surface area contributed by atoms with Crippen molar-refractivity contribution in [2.24, 2.45) is 5.92 Å². The molecule has 0 unspecified atom stereocenters. The zero-order chi connectivity index (χ0) is 14.9. The summed E-state index contributed by atoms with van der Waals surface area (Å²) in [6, 6.07) is 6.69. The maximum absolute atomic E-state index is 13.4. The molecule has 1 aliphatic rings. The highest BCUT2D eigenvalue weighted by molar-refractivity contribution is 7.99. The van der Waals surface area contributed by atoms with Crippen LogP contribution in [0.5, 0.6) is 0 Å². The van der Waals surface area contributed by atoms with Gasteiger partial charge in [-0.25, -0.2) is 4.39 Å². The third kappa shape index (κ3) is 6.08. The van der Waals surface area contributed by atoms with Gasteiger partial charge < -0.3 is 5.32 Å². The summed E-state index contributed by atoms with van der Waals surface area (Å²) in [6.45, 7) is 0.777. The number of nitrogens with one attached hydrogen (secondary N) is 1. The Morgan fingerprint density at radius 1 is 1.29 bits per heavy atom. The summed E-state index contributed by atoms with van der Waals surface area (Å²) in [6.07, 6.45) is 8.26. The van der Waals surface area contributed by atoms with E-state index in [1.54, 1.807) is 12.1 Å². The monoisotopic (exact) mass is 309 g/mol. The second-order valence-corrected chi connectivity index (χ2v) is 6.81. The Hall–Kier alpha value is -1.03. The molecule has 0 atom stereocenters. The summed E-state index contributed by atoms with van der Waals surface area (Å²) in [7, 11) is 0. The Bertz CT molecular complexity index is 446. The van der Waals surface area contributed by atoms with Crippen LogP contribution in [0.1, 0.15) is 44.9 Å². The van der Waals surface area contributed by atoms with Crippen LogP contribution in [0.15, 0.2) is 29.2 Å². The van der Waals surface area contributed by atoms with Crippen LogP contribution in [0.4, 0.5) is 4.39 Å². The lowest BCUT2D eigenvalue weighted by Gasteiger charge is -2.09. The highest BCUT2D eigenvalue weighted by Crippen LogP contribution is 2.28. The molecule has 4 heteroatoms. The van der Waals surface area contributed by atoms with Gasteiger partial charge in [0.15, 0.2) is 0 Å². The van der Waals surface area contributed by atoms with Gasteiger partial charge in [0.1, 0.15) is 5.82 Å². The fourth-order valence-corrected chi connectivity index (χ4v) is 3.71. The summed E-state index contributed by atoms with van der Waals surface area (Å²) in [5.74, 6) is 1.37. The molecule has 2 rings (SSSR count). The van der Waals surface area contributed by atoms with E-state index in [4.69, 9.17) is 0 Å². The Morgan fingerprint density at radius 2 is 2.05 bits per heavy atom. The molecule has 0 saturated heterocycles. The number of thioether (sulfide) groups is 1. The number of amides is 1. The van der Waals surface area contributed by atoms with E-state index < -0.39 is 0 Å². The number of carbonyl (C=O) groups excluding carboxylic acids is 1. The van der Waals surface area contributed by atoms with Gasteiger partial charge in [-0.2, -0.15) is 0 Å². The maximum atomic E-state index is 13.4. The van der Waals surface area contributed by atoms with Crippen molar-refractivity contribution >= 4 is 17.7 Å². The van der Waals surface area contributed by atoms with Crippen LogP contribution in [0.2, 0.25) is 0 Å². The molecule has 0 heterocycles. The quantitative estimate of drug-likeness (QED) is 0.570. The Labute approximate surface area is 130 Å². The smallest absolute Gasteiger partial charge is 0.220 e. The number of hydrogen-bond donors (Lipinski definition) is 1. The number of halogens is 1. The lowest BCUT2D eigenvalue weighted by molar-refractivity contribution is -0.120. The predicted octanol–water partition coefficient (Wildman–Crippen LogP) is 4.39. The predicted molar refractivity (Wildman–Crippen MR) is 85.9 cm³/mol. The molecule has 0 aliphatic heterocycles. The molecule has 116 valence electrons. The molecule has 0 spiro atoms. The van der Waals surface area contributed by atoms with Crippen LogP contribution in [0, 0.1) is 11.7 Å². The van der Waals surface area contributed by atoms with E-state index in [9.17, 15) is 9.18 Å². The Morgan fingerprint density at radius 3 is 2.81 bits per heavy atom. The third-order valence-corrected chi connectivity index (χ3v) is 5.06. The van der Waals surface area contributed by atoms with E-state index in [1.807, 2.05) is 6.07 Å². The first-order chi connectivity index (χ1) is 10.3. The van der Waals surface area contributed by atoms with E-state index in [-0.39, 0.29) is 11.7 Å². The van der Waals surface area contributed by atoms with Crippen molar-refractivity contribution in [3.63, 3.8) is 0 Å². The number of carbonyl (C=O) groups is 1. The minimum atomic E-state index is -0.209. The standard InChI is InChI=1S/C17H24FNOS/c18-15-9-3-4-10-16(15)21-13-11-17(20)19-12-5-8-14-6-1-2-7-14/h3-4,9-10,14H,1-2,5-8,11-13H2,(H,19,20). The molecule has 0 bridgehead atoms. The number of rotatable bonds is 8. The van der Waals surface area contributed by atoms with Gasteiger partial charge in [0.2, 0.25) is 5.91 Å². The maximum Gasteiger partial charge on any atom is 0.220 e. The summed E-state index contributed by atoms with van der Waals surface area (Å²) < 4.78 is 13.4. The van der Waals surface area contributed by atoms with E-state index in [1.165, 1.54) is 49.9 Å². The molecule has 1 aromatic rings. The minimum absolute atomic E-state index is 0.0743. The van der Waals surface area contributed by atoms with Crippen molar-refractivity contribution in [1.82, 2.24) is 5.32 Å². The normalized spacial score (nSPS) is 15.3. The van der Waals surface area contributed by atoms with Crippen LogP contribution in [0.3, 0.4) is 0 Å². The molecule has 1 aromatic carbocycles. The van der Waals surface area contributed by atoms with E-state index in [2.05, 4.69) is 5.32 Å². The Balaban J connectivity index is 1.52. The first-order valence-electron chi connectivity index (χ1n) is 7.90. The van der Waals surface area contributed by atoms with Crippen molar-refractivity contribution < 1.29 is 9.18 Å². The molecule has 0 radical (unpaired) electrons. The van der Waals surface area contributed by atoms with Crippen molar-refractivity contribution in [3.8, 4) is 0 Å². The molecular weight excluding hydrogens is 285 g/mol. The van der Waals surface area contributed by atoms with Gasteiger partial charge in [-0.1, -0.05) is 37.8 Å². The largest absolute Gasteiger partial charge is 0.356 e. The minimum Gasteiger partial charge on any atom is -0.356 e. The van der Waals surface area contributed by atoms with Crippen molar-refractivity contribution in [2.45, 2.75) is 49.8 Å². The van der Waals surface area contributed by atoms with Crippen LogP contribution >= 0.6 is 11.8 Å². The summed E-state index contributed by atoms with van der Waals surface area (Å²) in [5.41, 5.74) is 0. The van der Waals surface area contributed by atoms with E-state index in [0.29, 0.717) is 17.1 Å². The van der Waals surface area contributed by atoms with Gasteiger partial charge in [0, 0.05) is 23.6 Å². The fraction of sp³-hybridized carbons (Fsp3) is 0.588. The molecular formula is C17H24FNOS. The molecule has 1 saturated carbocycles. The molecule has 1 aliphatic carbocycles. The summed E-state index contributed by atoms with van der Waals surface area (Å²) >= 11 is 1.40. The highest BCUT2D eigenvalue weighted by Gasteiger charge is 2.14. The van der Waals surface area contributed by atoms with Crippen LogP contribution in [-0.4, -0.2) is 18.2 Å². The van der Waals surface area contributed by atoms with Gasteiger partial charge in [-0.3, -0.25) is 4.79 Å².